The first-order chi connectivity index (χ1) is 17.3. The average Bonchev–Trinajstić information content (AvgIpc) is 3.32. The fourth-order valence-corrected chi connectivity index (χ4v) is 5.45. The number of thioether (sulfide) groups is 1. The zero-order valence-electron chi connectivity index (χ0n) is 20.9. The number of benzene rings is 2. The van der Waals surface area contributed by atoms with E-state index in [4.69, 9.17) is 9.15 Å². The maximum Gasteiger partial charge on any atom is 0.339 e. The Morgan fingerprint density at radius 3 is 2.58 bits per heavy atom. The van der Waals surface area contributed by atoms with Crippen LogP contribution in [-0.4, -0.2) is 36.3 Å². The summed E-state index contributed by atoms with van der Waals surface area (Å²) in [6, 6.07) is 12.9. The van der Waals surface area contributed by atoms with E-state index in [1.165, 1.54) is 0 Å². The molecule has 1 atom stereocenters. The number of fused-ring (bicyclic) bond motifs is 3. The minimum atomic E-state index is -0.686. The van der Waals surface area contributed by atoms with Gasteiger partial charge in [-0.05, 0) is 68.9 Å². The van der Waals surface area contributed by atoms with Crippen molar-refractivity contribution in [2.24, 2.45) is 0 Å². The van der Waals surface area contributed by atoms with Gasteiger partial charge in [0.05, 0.1) is 5.39 Å². The molecule has 2 amide bonds. The molecule has 190 valence electrons. The molecular formula is C28H32N2O5S. The van der Waals surface area contributed by atoms with Crippen LogP contribution < -0.4 is 21.0 Å². The summed E-state index contributed by atoms with van der Waals surface area (Å²) in [6.07, 6.45) is 2.36. The second kappa shape index (κ2) is 11.6. The standard InChI is InChI=1S/C28H32N2O5S/c1-17(2)29-27(32)22(16-36-15-19-8-5-4-6-9-19)30-25(31)14-34-23-12-18(3)13-24-26(23)20-10-7-11-21(20)28(33)35-24/h4-6,8-9,12-13,17,22H,7,10-11,14-16H2,1-3H3,(H,29,32)(H,30,31)/t22-/m0/s1. The summed E-state index contributed by atoms with van der Waals surface area (Å²) in [7, 11) is 0. The van der Waals surface area contributed by atoms with Crippen molar-refractivity contribution in [3.8, 4) is 5.75 Å². The van der Waals surface area contributed by atoms with Crippen molar-refractivity contribution < 1.29 is 18.7 Å². The van der Waals surface area contributed by atoms with Crippen LogP contribution >= 0.6 is 11.8 Å². The van der Waals surface area contributed by atoms with Crippen LogP contribution in [0.5, 0.6) is 5.75 Å². The number of hydrogen-bond donors (Lipinski definition) is 2. The SMILES string of the molecule is Cc1cc(OCC(=O)N[C@@H](CSCc2ccccc2)C(=O)NC(C)C)c2c3c(c(=O)oc2c1)CCC3. The smallest absolute Gasteiger partial charge is 0.339 e. The van der Waals surface area contributed by atoms with Gasteiger partial charge in [0.15, 0.2) is 6.61 Å². The van der Waals surface area contributed by atoms with Gasteiger partial charge >= 0.3 is 5.63 Å². The molecule has 0 aliphatic heterocycles. The molecule has 2 aromatic carbocycles. The van der Waals surface area contributed by atoms with Gasteiger partial charge in [-0.25, -0.2) is 4.79 Å². The summed E-state index contributed by atoms with van der Waals surface area (Å²) in [5.74, 6) is 1.08. The summed E-state index contributed by atoms with van der Waals surface area (Å²) in [6.45, 7) is 5.41. The van der Waals surface area contributed by atoms with E-state index in [1.807, 2.05) is 63.2 Å². The van der Waals surface area contributed by atoms with Crippen LogP contribution in [0.4, 0.5) is 0 Å². The summed E-state index contributed by atoms with van der Waals surface area (Å²) in [5.41, 5.74) is 3.85. The van der Waals surface area contributed by atoms with E-state index in [0.29, 0.717) is 29.1 Å². The maximum atomic E-state index is 12.9. The molecule has 3 aromatic rings. The van der Waals surface area contributed by atoms with E-state index in [0.717, 1.165) is 40.7 Å². The van der Waals surface area contributed by atoms with Crippen LogP contribution in [0.1, 0.15) is 42.5 Å². The van der Waals surface area contributed by atoms with Crippen molar-refractivity contribution in [2.75, 3.05) is 12.4 Å². The second-order valence-electron chi connectivity index (χ2n) is 9.41. The molecule has 36 heavy (non-hydrogen) atoms. The van der Waals surface area contributed by atoms with Gasteiger partial charge in [0.2, 0.25) is 5.91 Å². The lowest BCUT2D eigenvalue weighted by atomic mass is 10.0. The molecule has 0 saturated carbocycles. The van der Waals surface area contributed by atoms with E-state index in [9.17, 15) is 14.4 Å². The molecule has 0 unspecified atom stereocenters. The van der Waals surface area contributed by atoms with Crippen LogP contribution in [0.2, 0.25) is 0 Å². The van der Waals surface area contributed by atoms with Gasteiger partial charge in [0.25, 0.3) is 5.91 Å². The molecule has 1 aliphatic rings. The summed E-state index contributed by atoms with van der Waals surface area (Å²) in [5, 5.41) is 6.48. The number of ether oxygens (including phenoxy) is 1. The Balaban J connectivity index is 1.45. The van der Waals surface area contributed by atoms with E-state index in [1.54, 1.807) is 11.8 Å². The van der Waals surface area contributed by atoms with Crippen molar-refractivity contribution in [2.45, 2.75) is 57.9 Å². The molecule has 0 fully saturated rings. The van der Waals surface area contributed by atoms with Gasteiger partial charge in [-0.15, -0.1) is 0 Å². The Morgan fingerprint density at radius 1 is 1.08 bits per heavy atom. The number of hydrogen-bond acceptors (Lipinski definition) is 6. The van der Waals surface area contributed by atoms with Gasteiger partial charge in [0.1, 0.15) is 17.4 Å². The molecule has 1 heterocycles. The highest BCUT2D eigenvalue weighted by molar-refractivity contribution is 7.98. The van der Waals surface area contributed by atoms with E-state index >= 15 is 0 Å². The predicted octanol–water partition coefficient (Wildman–Crippen LogP) is 3.91. The third-order valence-corrected chi connectivity index (χ3v) is 7.12. The first-order valence-electron chi connectivity index (χ1n) is 12.2. The fraction of sp³-hybridized carbons (Fsp3) is 0.393. The Bertz CT molecular complexity index is 1300. The number of rotatable bonds is 10. The number of aryl methyl sites for hydroxylation is 2. The van der Waals surface area contributed by atoms with Crippen molar-refractivity contribution in [1.29, 1.82) is 0 Å². The molecule has 4 rings (SSSR count). The number of carbonyl (C=O) groups excluding carboxylic acids is 2. The average molecular weight is 509 g/mol. The predicted molar refractivity (Wildman–Crippen MR) is 143 cm³/mol. The quantitative estimate of drug-likeness (QED) is 0.403. The lowest BCUT2D eigenvalue weighted by Crippen LogP contribution is -2.51. The third-order valence-electron chi connectivity index (χ3n) is 6.02. The number of carbonyl (C=O) groups is 2. The first-order valence-corrected chi connectivity index (χ1v) is 13.4. The molecule has 1 aliphatic carbocycles. The topological polar surface area (TPSA) is 97.6 Å². The molecule has 0 spiro atoms. The molecule has 2 N–H and O–H groups in total. The Hall–Kier alpha value is -3.26. The molecule has 7 nitrogen and oxygen atoms in total. The lowest BCUT2D eigenvalue weighted by molar-refractivity contribution is -0.129. The van der Waals surface area contributed by atoms with E-state index in [-0.39, 0.29) is 30.1 Å². The van der Waals surface area contributed by atoms with Gasteiger partial charge < -0.3 is 19.8 Å². The monoisotopic (exact) mass is 508 g/mol. The molecule has 0 radical (unpaired) electrons. The molecule has 0 bridgehead atoms. The Morgan fingerprint density at radius 2 is 1.83 bits per heavy atom. The van der Waals surface area contributed by atoms with Crippen LogP contribution in [0.15, 0.2) is 51.7 Å². The third kappa shape index (κ3) is 6.29. The highest BCUT2D eigenvalue weighted by Crippen LogP contribution is 2.35. The highest BCUT2D eigenvalue weighted by Gasteiger charge is 2.24. The van der Waals surface area contributed by atoms with E-state index < -0.39 is 6.04 Å². The second-order valence-corrected chi connectivity index (χ2v) is 10.4. The summed E-state index contributed by atoms with van der Waals surface area (Å²) < 4.78 is 11.5. The van der Waals surface area contributed by atoms with Gasteiger partial charge in [-0.3, -0.25) is 9.59 Å². The molecule has 8 heteroatoms. The summed E-state index contributed by atoms with van der Waals surface area (Å²) in [4.78, 5) is 38.0. The first kappa shape index (κ1) is 25.8. The molecule has 1 aromatic heterocycles. The summed E-state index contributed by atoms with van der Waals surface area (Å²) >= 11 is 1.59. The van der Waals surface area contributed by atoms with Crippen molar-refractivity contribution in [3.05, 3.63) is 75.1 Å². The maximum absolute atomic E-state index is 12.9. The van der Waals surface area contributed by atoms with Crippen molar-refractivity contribution >= 4 is 34.5 Å². The molecule has 0 saturated heterocycles. The zero-order chi connectivity index (χ0) is 25.7. The van der Waals surface area contributed by atoms with Crippen LogP contribution in [0, 0.1) is 6.92 Å². The molecular weight excluding hydrogens is 476 g/mol. The largest absolute Gasteiger partial charge is 0.483 e. The number of amides is 2. The van der Waals surface area contributed by atoms with Crippen LogP contribution in [0.25, 0.3) is 11.0 Å². The highest BCUT2D eigenvalue weighted by atomic mass is 32.2. The van der Waals surface area contributed by atoms with Crippen LogP contribution in [0.3, 0.4) is 0 Å². The van der Waals surface area contributed by atoms with Crippen LogP contribution in [-0.2, 0) is 28.2 Å². The zero-order valence-corrected chi connectivity index (χ0v) is 21.7. The Kier molecular flexibility index (Phi) is 8.36. The minimum absolute atomic E-state index is 0.0392. The fourth-order valence-electron chi connectivity index (χ4n) is 4.44. The minimum Gasteiger partial charge on any atom is -0.483 e. The number of nitrogens with one attached hydrogen (secondary N) is 2. The van der Waals surface area contributed by atoms with E-state index in [2.05, 4.69) is 10.6 Å². The normalized spacial score (nSPS) is 13.4. The Labute approximate surface area is 215 Å². The van der Waals surface area contributed by atoms with Crippen molar-refractivity contribution in [3.63, 3.8) is 0 Å². The van der Waals surface area contributed by atoms with Gasteiger partial charge in [-0.2, -0.15) is 11.8 Å². The van der Waals surface area contributed by atoms with Gasteiger partial charge in [0, 0.05) is 23.1 Å². The lowest BCUT2D eigenvalue weighted by Gasteiger charge is -2.20. The van der Waals surface area contributed by atoms with Crippen molar-refractivity contribution in [1.82, 2.24) is 10.6 Å². The van der Waals surface area contributed by atoms with Gasteiger partial charge in [-0.1, -0.05) is 30.3 Å².